The number of carbonyl (C=O) groups excluding carboxylic acids is 1. The molecule has 0 spiro atoms. The van der Waals surface area contributed by atoms with Crippen molar-refractivity contribution in [3.8, 4) is 11.5 Å². The first-order valence-corrected chi connectivity index (χ1v) is 6.91. The number of rotatable bonds is 2. The van der Waals surface area contributed by atoms with E-state index in [1.165, 1.54) is 6.42 Å². The Labute approximate surface area is 113 Å². The Hall–Kier alpha value is -1.71. The van der Waals surface area contributed by atoms with Gasteiger partial charge in [0, 0.05) is 6.04 Å². The summed E-state index contributed by atoms with van der Waals surface area (Å²) in [6.07, 6.45) is 2.79. The number of ether oxygens (including phenoxy) is 2. The van der Waals surface area contributed by atoms with E-state index in [0.29, 0.717) is 23.5 Å². The maximum Gasteiger partial charge on any atom is 0.264 e. The summed E-state index contributed by atoms with van der Waals surface area (Å²) in [6, 6.07) is 7.74. The van der Waals surface area contributed by atoms with Gasteiger partial charge in [-0.2, -0.15) is 0 Å². The monoisotopic (exact) mass is 261 g/mol. The van der Waals surface area contributed by atoms with Gasteiger partial charge in [0.1, 0.15) is 6.61 Å². The molecule has 1 saturated carbocycles. The van der Waals surface area contributed by atoms with Gasteiger partial charge in [-0.05, 0) is 37.3 Å². The third-order valence-corrected chi connectivity index (χ3v) is 3.84. The van der Waals surface area contributed by atoms with E-state index in [9.17, 15) is 4.79 Å². The first-order valence-electron chi connectivity index (χ1n) is 6.91. The molecule has 0 aromatic heterocycles. The minimum atomic E-state index is -0.536. The standard InChI is InChI=1S/C15H19NO3/c1-10-6-7-11(8-10)16-15(17)14-9-18-12-4-2-3-5-13(12)19-14/h2-5,10-11,14H,6-9H2,1H3,(H,16,17). The lowest BCUT2D eigenvalue weighted by Gasteiger charge is -2.26. The van der Waals surface area contributed by atoms with Crippen molar-refractivity contribution >= 4 is 5.91 Å². The molecule has 1 heterocycles. The number of hydrogen-bond donors (Lipinski definition) is 1. The van der Waals surface area contributed by atoms with Gasteiger partial charge in [0.05, 0.1) is 0 Å². The van der Waals surface area contributed by atoms with Gasteiger partial charge in [-0.25, -0.2) is 0 Å². The number of hydrogen-bond acceptors (Lipinski definition) is 3. The predicted octanol–water partition coefficient (Wildman–Crippen LogP) is 2.13. The molecular weight excluding hydrogens is 242 g/mol. The second kappa shape index (κ2) is 5.11. The summed E-state index contributed by atoms with van der Waals surface area (Å²) < 4.78 is 11.3. The van der Waals surface area contributed by atoms with Crippen molar-refractivity contribution in [1.82, 2.24) is 5.32 Å². The summed E-state index contributed by atoms with van der Waals surface area (Å²) in [6.45, 7) is 2.51. The molecule has 19 heavy (non-hydrogen) atoms. The summed E-state index contributed by atoms with van der Waals surface area (Å²) in [5, 5.41) is 3.07. The van der Waals surface area contributed by atoms with Crippen LogP contribution in [0.4, 0.5) is 0 Å². The van der Waals surface area contributed by atoms with Gasteiger partial charge in [-0.1, -0.05) is 19.1 Å². The zero-order valence-electron chi connectivity index (χ0n) is 11.1. The van der Waals surface area contributed by atoms with E-state index in [0.717, 1.165) is 12.8 Å². The van der Waals surface area contributed by atoms with Crippen LogP contribution in [-0.2, 0) is 4.79 Å². The van der Waals surface area contributed by atoms with Crippen LogP contribution >= 0.6 is 0 Å². The number of para-hydroxylation sites is 2. The fraction of sp³-hybridized carbons (Fsp3) is 0.533. The summed E-state index contributed by atoms with van der Waals surface area (Å²) in [7, 11) is 0. The van der Waals surface area contributed by atoms with E-state index < -0.39 is 6.10 Å². The molecule has 3 unspecified atom stereocenters. The van der Waals surface area contributed by atoms with Crippen LogP contribution in [0.1, 0.15) is 26.2 Å². The minimum Gasteiger partial charge on any atom is -0.485 e. The maximum absolute atomic E-state index is 12.2. The molecule has 102 valence electrons. The van der Waals surface area contributed by atoms with Crippen LogP contribution in [0.3, 0.4) is 0 Å². The summed E-state index contributed by atoms with van der Waals surface area (Å²) in [5.74, 6) is 2.00. The highest BCUT2D eigenvalue weighted by molar-refractivity contribution is 5.82. The highest BCUT2D eigenvalue weighted by atomic mass is 16.6. The molecule has 1 aliphatic heterocycles. The van der Waals surface area contributed by atoms with Crippen molar-refractivity contribution < 1.29 is 14.3 Å². The van der Waals surface area contributed by atoms with E-state index in [-0.39, 0.29) is 12.5 Å². The third kappa shape index (κ3) is 2.67. The lowest BCUT2D eigenvalue weighted by atomic mass is 10.1. The minimum absolute atomic E-state index is 0.0615. The van der Waals surface area contributed by atoms with Gasteiger partial charge >= 0.3 is 0 Å². The molecule has 2 aliphatic rings. The predicted molar refractivity (Wildman–Crippen MR) is 71.3 cm³/mol. The van der Waals surface area contributed by atoms with Gasteiger partial charge in [-0.3, -0.25) is 4.79 Å². The highest BCUT2D eigenvalue weighted by Crippen LogP contribution is 2.31. The summed E-state index contributed by atoms with van der Waals surface area (Å²) in [4.78, 5) is 12.2. The molecule has 3 atom stereocenters. The Kier molecular flexibility index (Phi) is 3.32. The van der Waals surface area contributed by atoms with Crippen molar-refractivity contribution in [3.05, 3.63) is 24.3 Å². The number of carbonyl (C=O) groups is 1. The van der Waals surface area contributed by atoms with Gasteiger partial charge in [0.2, 0.25) is 6.10 Å². The highest BCUT2D eigenvalue weighted by Gasteiger charge is 2.30. The first kappa shape index (κ1) is 12.3. The van der Waals surface area contributed by atoms with Gasteiger partial charge in [0.25, 0.3) is 5.91 Å². The number of fused-ring (bicyclic) bond motifs is 1. The summed E-state index contributed by atoms with van der Waals surface area (Å²) >= 11 is 0. The molecule has 1 N–H and O–H groups in total. The van der Waals surface area contributed by atoms with Crippen LogP contribution in [0.2, 0.25) is 0 Å². The van der Waals surface area contributed by atoms with Gasteiger partial charge in [-0.15, -0.1) is 0 Å². The molecule has 4 nitrogen and oxygen atoms in total. The number of benzene rings is 1. The van der Waals surface area contributed by atoms with E-state index in [1.54, 1.807) is 0 Å². The van der Waals surface area contributed by atoms with Crippen LogP contribution < -0.4 is 14.8 Å². The molecule has 0 bridgehead atoms. The number of amides is 1. The molecule has 1 aromatic carbocycles. The van der Waals surface area contributed by atoms with Crippen molar-refractivity contribution in [2.75, 3.05) is 6.61 Å². The molecule has 0 saturated heterocycles. The lowest BCUT2D eigenvalue weighted by Crippen LogP contribution is -2.47. The van der Waals surface area contributed by atoms with E-state index in [4.69, 9.17) is 9.47 Å². The first-order chi connectivity index (χ1) is 9.22. The molecule has 1 fully saturated rings. The molecule has 0 radical (unpaired) electrons. The van der Waals surface area contributed by atoms with Crippen molar-refractivity contribution in [2.45, 2.75) is 38.3 Å². The van der Waals surface area contributed by atoms with Crippen molar-refractivity contribution in [3.63, 3.8) is 0 Å². The SMILES string of the molecule is CC1CCC(NC(=O)C2COc3ccccc3O2)C1. The maximum atomic E-state index is 12.2. The normalized spacial score (nSPS) is 29.0. The van der Waals surface area contributed by atoms with E-state index >= 15 is 0 Å². The quantitative estimate of drug-likeness (QED) is 0.887. The lowest BCUT2D eigenvalue weighted by molar-refractivity contribution is -0.131. The Morgan fingerprint density at radius 3 is 2.79 bits per heavy atom. The molecule has 4 heteroatoms. The number of nitrogens with one attached hydrogen (secondary N) is 1. The van der Waals surface area contributed by atoms with Crippen molar-refractivity contribution in [1.29, 1.82) is 0 Å². The zero-order chi connectivity index (χ0) is 13.2. The Bertz CT molecular complexity index is 474. The van der Waals surface area contributed by atoms with Crippen LogP contribution in [0, 0.1) is 5.92 Å². The van der Waals surface area contributed by atoms with E-state index in [1.807, 2.05) is 24.3 Å². The van der Waals surface area contributed by atoms with Crippen molar-refractivity contribution in [2.24, 2.45) is 5.92 Å². The average Bonchev–Trinajstić information content (AvgIpc) is 2.83. The van der Waals surface area contributed by atoms with E-state index in [2.05, 4.69) is 12.2 Å². The van der Waals surface area contributed by atoms with Crippen LogP contribution in [0.15, 0.2) is 24.3 Å². The second-order valence-electron chi connectivity index (χ2n) is 5.49. The molecular formula is C15H19NO3. The average molecular weight is 261 g/mol. The second-order valence-corrected chi connectivity index (χ2v) is 5.49. The summed E-state index contributed by atoms with van der Waals surface area (Å²) in [5.41, 5.74) is 0. The Balaban J connectivity index is 1.60. The topological polar surface area (TPSA) is 47.6 Å². The fourth-order valence-corrected chi connectivity index (χ4v) is 2.78. The molecule has 1 aromatic rings. The Morgan fingerprint density at radius 2 is 2.05 bits per heavy atom. The fourth-order valence-electron chi connectivity index (χ4n) is 2.78. The molecule has 1 amide bonds. The zero-order valence-corrected chi connectivity index (χ0v) is 11.1. The molecule has 3 rings (SSSR count). The van der Waals surface area contributed by atoms with Crippen LogP contribution in [0.5, 0.6) is 11.5 Å². The Morgan fingerprint density at radius 1 is 1.26 bits per heavy atom. The van der Waals surface area contributed by atoms with Gasteiger partial charge < -0.3 is 14.8 Å². The van der Waals surface area contributed by atoms with Gasteiger partial charge in [0.15, 0.2) is 11.5 Å². The largest absolute Gasteiger partial charge is 0.485 e. The van der Waals surface area contributed by atoms with Crippen LogP contribution in [-0.4, -0.2) is 24.7 Å². The third-order valence-electron chi connectivity index (χ3n) is 3.84. The smallest absolute Gasteiger partial charge is 0.264 e. The molecule has 1 aliphatic carbocycles. The van der Waals surface area contributed by atoms with Crippen LogP contribution in [0.25, 0.3) is 0 Å².